The number of hydrogen-bond acceptors (Lipinski definition) is 6. The van der Waals surface area contributed by atoms with Crippen LogP contribution in [0.15, 0.2) is 33.2 Å². The van der Waals surface area contributed by atoms with Crippen molar-refractivity contribution < 1.29 is 14.3 Å². The van der Waals surface area contributed by atoms with Crippen molar-refractivity contribution in [2.24, 2.45) is 0 Å². The van der Waals surface area contributed by atoms with Crippen molar-refractivity contribution in [3.8, 4) is 11.5 Å². The van der Waals surface area contributed by atoms with Gasteiger partial charge in [0.25, 0.3) is 0 Å². The number of nitrogens with zero attached hydrogens (tertiary/aromatic N) is 3. The first-order valence-corrected chi connectivity index (χ1v) is 7.57. The van der Waals surface area contributed by atoms with Crippen molar-refractivity contribution in [1.82, 2.24) is 15.1 Å². The molecule has 112 valence electrons. The zero-order valence-electron chi connectivity index (χ0n) is 11.4. The molecule has 0 spiro atoms. The van der Waals surface area contributed by atoms with Gasteiger partial charge in [-0.05, 0) is 28.1 Å². The van der Waals surface area contributed by atoms with E-state index in [1.54, 1.807) is 0 Å². The lowest BCUT2D eigenvalue weighted by atomic mass is 10.2. The fraction of sp³-hybridized carbons (Fsp3) is 0.429. The number of rotatable bonds is 4. The summed E-state index contributed by atoms with van der Waals surface area (Å²) in [5.41, 5.74) is 0.872. The van der Waals surface area contributed by atoms with Crippen LogP contribution in [-0.4, -0.2) is 52.6 Å². The molecule has 0 aliphatic carbocycles. The second-order valence-electron chi connectivity index (χ2n) is 4.86. The predicted octanol–water partition coefficient (Wildman–Crippen LogP) is 1.69. The zero-order chi connectivity index (χ0) is 14.7. The van der Waals surface area contributed by atoms with Crippen molar-refractivity contribution in [2.75, 3.05) is 26.4 Å². The van der Waals surface area contributed by atoms with Gasteiger partial charge in [-0.3, -0.25) is 4.90 Å². The molecule has 1 aliphatic heterocycles. The largest absolute Gasteiger partial charge is 0.419 e. The average Bonchev–Trinajstić information content (AvgIpc) is 2.96. The summed E-state index contributed by atoms with van der Waals surface area (Å²) in [6.07, 6.45) is 0. The molecule has 1 atom stereocenters. The van der Waals surface area contributed by atoms with E-state index in [1.165, 1.54) is 0 Å². The molecule has 0 bridgehead atoms. The van der Waals surface area contributed by atoms with Gasteiger partial charge in [-0.15, -0.1) is 10.2 Å². The number of halogens is 1. The van der Waals surface area contributed by atoms with Gasteiger partial charge in [-0.2, -0.15) is 0 Å². The maximum atomic E-state index is 9.36. The Morgan fingerprint density at radius 1 is 1.33 bits per heavy atom. The van der Waals surface area contributed by atoms with Gasteiger partial charge in [0.2, 0.25) is 11.8 Å². The van der Waals surface area contributed by atoms with Crippen LogP contribution in [0.2, 0.25) is 0 Å². The van der Waals surface area contributed by atoms with Gasteiger partial charge in [-0.25, -0.2) is 0 Å². The molecule has 1 unspecified atom stereocenters. The number of hydrogen-bond donors (Lipinski definition) is 1. The minimum Gasteiger partial charge on any atom is -0.419 e. The monoisotopic (exact) mass is 353 g/mol. The van der Waals surface area contributed by atoms with Crippen LogP contribution >= 0.6 is 15.9 Å². The van der Waals surface area contributed by atoms with Crippen LogP contribution < -0.4 is 0 Å². The van der Waals surface area contributed by atoms with Crippen molar-refractivity contribution in [1.29, 1.82) is 0 Å². The van der Waals surface area contributed by atoms with Gasteiger partial charge in [0.15, 0.2) is 0 Å². The van der Waals surface area contributed by atoms with Crippen LogP contribution in [0.25, 0.3) is 11.5 Å². The van der Waals surface area contributed by atoms with Crippen LogP contribution in [0.5, 0.6) is 0 Å². The van der Waals surface area contributed by atoms with Crippen LogP contribution in [0.1, 0.15) is 5.89 Å². The first-order valence-electron chi connectivity index (χ1n) is 6.78. The summed E-state index contributed by atoms with van der Waals surface area (Å²) in [6, 6.07) is 7.70. The van der Waals surface area contributed by atoms with E-state index in [-0.39, 0.29) is 12.6 Å². The van der Waals surface area contributed by atoms with E-state index in [9.17, 15) is 5.11 Å². The lowest BCUT2D eigenvalue weighted by molar-refractivity contribution is -0.0342. The smallest absolute Gasteiger partial charge is 0.248 e. The van der Waals surface area contributed by atoms with Crippen LogP contribution in [0.4, 0.5) is 0 Å². The molecule has 0 saturated carbocycles. The molecule has 6 nitrogen and oxygen atoms in total. The molecule has 2 heterocycles. The van der Waals surface area contributed by atoms with Crippen molar-refractivity contribution in [3.05, 3.63) is 34.6 Å². The lowest BCUT2D eigenvalue weighted by Gasteiger charge is -2.33. The molecule has 0 radical (unpaired) electrons. The van der Waals surface area contributed by atoms with Crippen molar-refractivity contribution in [2.45, 2.75) is 12.6 Å². The Hall–Kier alpha value is -1.28. The lowest BCUT2D eigenvalue weighted by Crippen LogP contribution is -2.46. The Kier molecular flexibility index (Phi) is 4.64. The first-order chi connectivity index (χ1) is 10.3. The maximum Gasteiger partial charge on any atom is 0.248 e. The molecule has 0 amide bonds. The molecule has 1 aromatic heterocycles. The highest BCUT2D eigenvalue weighted by molar-refractivity contribution is 9.10. The van der Waals surface area contributed by atoms with Gasteiger partial charge < -0.3 is 14.3 Å². The van der Waals surface area contributed by atoms with Gasteiger partial charge in [-0.1, -0.05) is 12.1 Å². The fourth-order valence-corrected chi connectivity index (χ4v) is 2.75. The van der Waals surface area contributed by atoms with E-state index < -0.39 is 0 Å². The predicted molar refractivity (Wildman–Crippen MR) is 79.5 cm³/mol. The third kappa shape index (κ3) is 3.32. The Balaban J connectivity index is 1.75. The van der Waals surface area contributed by atoms with Crippen molar-refractivity contribution >= 4 is 15.9 Å². The van der Waals surface area contributed by atoms with Gasteiger partial charge in [0.1, 0.15) is 0 Å². The zero-order valence-corrected chi connectivity index (χ0v) is 13.0. The number of ether oxygens (including phenoxy) is 1. The van der Waals surface area contributed by atoms with E-state index in [1.807, 2.05) is 24.3 Å². The summed E-state index contributed by atoms with van der Waals surface area (Å²) in [6.45, 7) is 2.51. The summed E-state index contributed by atoms with van der Waals surface area (Å²) >= 11 is 3.47. The Bertz CT molecular complexity index is 605. The maximum absolute atomic E-state index is 9.36. The molecule has 1 aliphatic rings. The third-order valence-corrected chi connectivity index (χ3v) is 4.16. The minimum absolute atomic E-state index is 0.0161. The number of morpholine rings is 1. The molecule has 1 fully saturated rings. The average molecular weight is 354 g/mol. The Morgan fingerprint density at radius 2 is 2.19 bits per heavy atom. The summed E-state index contributed by atoms with van der Waals surface area (Å²) in [4.78, 5) is 2.10. The van der Waals surface area contributed by atoms with Crippen LogP contribution in [0.3, 0.4) is 0 Å². The highest BCUT2D eigenvalue weighted by atomic mass is 79.9. The molecule has 1 aromatic carbocycles. The second kappa shape index (κ2) is 6.65. The molecule has 2 aromatic rings. The molecule has 1 saturated heterocycles. The van der Waals surface area contributed by atoms with Crippen LogP contribution in [-0.2, 0) is 11.3 Å². The highest BCUT2D eigenvalue weighted by Crippen LogP contribution is 2.27. The summed E-state index contributed by atoms with van der Waals surface area (Å²) < 4.78 is 12.0. The molecular weight excluding hydrogens is 338 g/mol. The number of aliphatic hydroxyl groups excluding tert-OH is 1. The standard InChI is InChI=1S/C14H16BrN3O3/c15-12-4-2-1-3-11(12)14-17-16-13(21-14)7-18-5-6-20-9-10(18)8-19/h1-4,10,19H,5-9H2. The topological polar surface area (TPSA) is 71.6 Å². The molecule has 3 rings (SSSR count). The fourth-order valence-electron chi connectivity index (χ4n) is 2.30. The number of aliphatic hydroxyl groups is 1. The second-order valence-corrected chi connectivity index (χ2v) is 5.72. The van der Waals surface area contributed by atoms with E-state index >= 15 is 0 Å². The van der Waals surface area contributed by atoms with Crippen molar-refractivity contribution in [3.63, 3.8) is 0 Å². The first kappa shape index (κ1) is 14.6. The van der Waals surface area contributed by atoms with Crippen LogP contribution in [0, 0.1) is 0 Å². The minimum atomic E-state index is -0.0161. The molecular formula is C14H16BrN3O3. The summed E-state index contributed by atoms with van der Waals surface area (Å²) in [5.74, 6) is 1.03. The SMILES string of the molecule is OCC1COCCN1Cc1nnc(-c2ccccc2Br)o1. The number of benzene rings is 1. The van der Waals surface area contributed by atoms with E-state index in [2.05, 4.69) is 31.0 Å². The quantitative estimate of drug-likeness (QED) is 0.901. The normalized spacial score (nSPS) is 19.8. The van der Waals surface area contributed by atoms with Gasteiger partial charge >= 0.3 is 0 Å². The summed E-state index contributed by atoms with van der Waals surface area (Å²) in [5, 5.41) is 17.6. The molecule has 1 N–H and O–H groups in total. The van der Waals surface area contributed by atoms with E-state index in [0.717, 1.165) is 16.6 Å². The molecule has 21 heavy (non-hydrogen) atoms. The molecule has 7 heteroatoms. The van der Waals surface area contributed by atoms with Gasteiger partial charge in [0.05, 0.1) is 38.0 Å². The summed E-state index contributed by atoms with van der Waals surface area (Å²) in [7, 11) is 0. The Labute approximate surface area is 130 Å². The third-order valence-electron chi connectivity index (χ3n) is 3.47. The van der Waals surface area contributed by atoms with E-state index in [4.69, 9.17) is 9.15 Å². The van der Waals surface area contributed by atoms with Gasteiger partial charge in [0, 0.05) is 11.0 Å². The Morgan fingerprint density at radius 3 is 3.00 bits per heavy atom. The number of aromatic nitrogens is 2. The van der Waals surface area contributed by atoms with E-state index in [0.29, 0.717) is 31.5 Å². The highest BCUT2D eigenvalue weighted by Gasteiger charge is 2.24.